The molecule has 0 radical (unpaired) electrons. The molecule has 238 valence electrons. The lowest BCUT2D eigenvalue weighted by Crippen LogP contribution is -2.48. The van der Waals surface area contributed by atoms with Gasteiger partial charge in [-0.2, -0.15) is 13.2 Å². The number of aliphatic hydroxyl groups is 1. The number of aromatic nitrogens is 3. The molecule has 3 aromatic rings. The number of alkyl carbamates (subject to hydrolysis) is 1. The van der Waals surface area contributed by atoms with Crippen LogP contribution in [0.5, 0.6) is 0 Å². The highest BCUT2D eigenvalue weighted by Crippen LogP contribution is 2.39. The number of aliphatic hydroxyl groups excluding tert-OH is 1. The summed E-state index contributed by atoms with van der Waals surface area (Å²) in [5.74, 6) is -7.22. The fraction of sp³-hybridized carbons (Fsp3) is 0.429. The summed E-state index contributed by atoms with van der Waals surface area (Å²) < 4.78 is 102. The van der Waals surface area contributed by atoms with Crippen molar-refractivity contribution < 1.29 is 50.2 Å². The summed E-state index contributed by atoms with van der Waals surface area (Å²) in [6.45, 7) is 3.87. The molecule has 9 nitrogen and oxygen atoms in total. The second kappa shape index (κ2) is 12.4. The maximum absolute atomic E-state index is 14.5. The largest absolute Gasteiger partial charge is 0.451 e. The van der Waals surface area contributed by atoms with Crippen LogP contribution in [-0.2, 0) is 28.7 Å². The third-order valence-corrected chi connectivity index (χ3v) is 6.73. The Morgan fingerprint density at radius 2 is 1.64 bits per heavy atom. The number of amides is 2. The minimum Gasteiger partial charge on any atom is -0.444 e. The lowest BCUT2D eigenvalue weighted by Gasteiger charge is -2.39. The summed E-state index contributed by atoms with van der Waals surface area (Å²) in [7, 11) is 0. The first kappa shape index (κ1) is 32.7. The van der Waals surface area contributed by atoms with Gasteiger partial charge < -0.3 is 24.6 Å². The van der Waals surface area contributed by atoms with E-state index in [1.807, 2.05) is 0 Å². The molecule has 1 aliphatic heterocycles. The van der Waals surface area contributed by atoms with Crippen molar-refractivity contribution in [2.24, 2.45) is 0 Å². The molecule has 1 aromatic heterocycles. The molecule has 0 saturated heterocycles. The first-order valence-corrected chi connectivity index (χ1v) is 13.3. The molecule has 2 aromatic carbocycles. The van der Waals surface area contributed by atoms with Crippen molar-refractivity contribution in [3.8, 4) is 0 Å². The molecule has 44 heavy (non-hydrogen) atoms. The van der Waals surface area contributed by atoms with Crippen LogP contribution in [0.15, 0.2) is 36.4 Å². The normalized spacial score (nSPS) is 16.7. The van der Waals surface area contributed by atoms with Gasteiger partial charge in [0.15, 0.2) is 17.5 Å². The van der Waals surface area contributed by atoms with Gasteiger partial charge in [0.05, 0.1) is 0 Å². The molecule has 0 spiro atoms. The number of ether oxygens (including phenoxy) is 1. The molecule has 0 fully saturated rings. The number of nitrogens with zero attached hydrogens (tertiary/aromatic N) is 4. The summed E-state index contributed by atoms with van der Waals surface area (Å²) in [5, 5.41) is 20.5. The Morgan fingerprint density at radius 3 is 2.25 bits per heavy atom. The van der Waals surface area contributed by atoms with Gasteiger partial charge in [-0.15, -0.1) is 10.2 Å². The fourth-order valence-corrected chi connectivity index (χ4v) is 4.85. The maximum Gasteiger partial charge on any atom is 0.451 e. The molecule has 2 heterocycles. The number of carbonyl (C=O) groups excluding carboxylic acids is 2. The van der Waals surface area contributed by atoms with E-state index in [-0.39, 0.29) is 17.7 Å². The highest BCUT2D eigenvalue weighted by atomic mass is 19.4. The van der Waals surface area contributed by atoms with Gasteiger partial charge >= 0.3 is 12.3 Å². The molecule has 0 unspecified atom stereocenters. The van der Waals surface area contributed by atoms with E-state index < -0.39 is 96.3 Å². The van der Waals surface area contributed by atoms with E-state index in [9.17, 15) is 45.4 Å². The number of rotatable bonds is 7. The van der Waals surface area contributed by atoms with Gasteiger partial charge in [-0.25, -0.2) is 22.4 Å². The molecule has 1 aliphatic rings. The predicted molar refractivity (Wildman–Crippen MR) is 139 cm³/mol. The fourth-order valence-electron chi connectivity index (χ4n) is 4.85. The van der Waals surface area contributed by atoms with Crippen LogP contribution < -0.4 is 5.32 Å². The van der Waals surface area contributed by atoms with Crippen LogP contribution in [0, 0.1) is 23.3 Å². The number of hydrogen-bond acceptors (Lipinski definition) is 6. The van der Waals surface area contributed by atoms with Gasteiger partial charge in [0, 0.05) is 31.6 Å². The smallest absolute Gasteiger partial charge is 0.444 e. The monoisotopic (exact) mass is 631 g/mol. The Labute approximate surface area is 246 Å². The highest BCUT2D eigenvalue weighted by Gasteiger charge is 2.45. The zero-order valence-electron chi connectivity index (χ0n) is 23.6. The number of hydrogen-bond donors (Lipinski definition) is 2. The molecule has 3 atom stereocenters. The summed E-state index contributed by atoms with van der Waals surface area (Å²) in [6.07, 6.45) is -8.77. The lowest BCUT2D eigenvalue weighted by molar-refractivity contribution is -0.149. The molecular weight excluding hydrogens is 603 g/mol. The number of fused-ring (bicyclic) bond motifs is 1. The average Bonchev–Trinajstić information content (AvgIpc) is 3.35. The first-order valence-electron chi connectivity index (χ1n) is 13.3. The Morgan fingerprint density at radius 1 is 1.00 bits per heavy atom. The molecule has 16 heteroatoms. The minimum absolute atomic E-state index is 0.0477. The third-order valence-electron chi connectivity index (χ3n) is 6.73. The summed E-state index contributed by atoms with van der Waals surface area (Å²) in [4.78, 5) is 27.3. The second-order valence-corrected chi connectivity index (χ2v) is 11.2. The topological polar surface area (TPSA) is 110 Å². The van der Waals surface area contributed by atoms with Gasteiger partial charge in [0.2, 0.25) is 11.7 Å². The number of halogens is 7. The van der Waals surface area contributed by atoms with E-state index in [1.54, 1.807) is 20.8 Å². The molecule has 2 amide bonds. The summed E-state index contributed by atoms with van der Waals surface area (Å²) in [5.41, 5.74) is -1.32. The van der Waals surface area contributed by atoms with Crippen LogP contribution in [0.3, 0.4) is 0 Å². The Kier molecular flexibility index (Phi) is 9.23. The average molecular weight is 632 g/mol. The number of nitrogens with one attached hydrogen (secondary N) is 1. The number of benzene rings is 2. The van der Waals surface area contributed by atoms with Gasteiger partial charge in [0.1, 0.15) is 29.4 Å². The van der Waals surface area contributed by atoms with Crippen molar-refractivity contribution in [1.82, 2.24) is 25.0 Å². The van der Waals surface area contributed by atoms with Crippen LogP contribution in [0.1, 0.15) is 62.1 Å². The minimum atomic E-state index is -4.90. The van der Waals surface area contributed by atoms with E-state index in [4.69, 9.17) is 4.74 Å². The van der Waals surface area contributed by atoms with Gasteiger partial charge in [-0.1, -0.05) is 12.1 Å². The van der Waals surface area contributed by atoms with Gasteiger partial charge in [-0.05, 0) is 56.5 Å². The van der Waals surface area contributed by atoms with E-state index in [2.05, 4.69) is 15.5 Å². The first-order chi connectivity index (χ1) is 20.4. The molecular formula is C28H28F7N5O4. The van der Waals surface area contributed by atoms with Crippen LogP contribution in [0.4, 0.5) is 35.5 Å². The molecule has 0 saturated carbocycles. The molecule has 2 N–H and O–H groups in total. The molecule has 4 rings (SSSR count). The van der Waals surface area contributed by atoms with Crippen molar-refractivity contribution in [3.05, 3.63) is 82.4 Å². The lowest BCUT2D eigenvalue weighted by atomic mass is 9.96. The van der Waals surface area contributed by atoms with Crippen molar-refractivity contribution in [3.63, 3.8) is 0 Å². The zero-order valence-corrected chi connectivity index (χ0v) is 23.6. The van der Waals surface area contributed by atoms with E-state index in [0.717, 1.165) is 17.0 Å². The second-order valence-electron chi connectivity index (χ2n) is 11.2. The Balaban J connectivity index is 1.69. The summed E-state index contributed by atoms with van der Waals surface area (Å²) in [6, 6.07) is 2.43. The summed E-state index contributed by atoms with van der Waals surface area (Å²) >= 11 is 0. The van der Waals surface area contributed by atoms with Gasteiger partial charge in [-0.3, -0.25) is 4.79 Å². The van der Waals surface area contributed by atoms with E-state index in [1.165, 1.54) is 12.1 Å². The standard InChI is InChI=1S/C28H28F7N5O4/c1-27(2,3)44-26(43)36-17(10-15-11-19(31)20(32)13-18(15)30)12-21(41)39-8-9-40-24(37-38-25(40)28(33,34)35)22(39)23(42)14-4-6-16(29)7-5-14/h4-7,11,13,17,22-23,42H,8-10,12H2,1-3H3,(H,36,43)/t17-,22+,23+/m1/s1. The van der Waals surface area contributed by atoms with E-state index in [0.29, 0.717) is 16.7 Å². The van der Waals surface area contributed by atoms with Crippen LogP contribution in [0.25, 0.3) is 0 Å². The third kappa shape index (κ3) is 7.46. The van der Waals surface area contributed by atoms with Gasteiger partial charge in [0.25, 0.3) is 0 Å². The Hall–Kier alpha value is -4.21. The number of alkyl halides is 3. The number of carbonyl (C=O) groups is 2. The predicted octanol–water partition coefficient (Wildman–Crippen LogP) is 5.00. The van der Waals surface area contributed by atoms with Crippen molar-refractivity contribution in [2.45, 2.75) is 70.1 Å². The SMILES string of the molecule is CC(C)(C)OC(=O)N[C@@H](CC(=O)N1CCn2c(nnc2C(F)(F)F)[C@@H]1[C@@H](O)c1ccc(F)cc1)Cc1cc(F)c(F)cc1F. The van der Waals surface area contributed by atoms with Crippen LogP contribution in [0.2, 0.25) is 0 Å². The van der Waals surface area contributed by atoms with Crippen molar-refractivity contribution >= 4 is 12.0 Å². The van der Waals surface area contributed by atoms with Crippen molar-refractivity contribution in [1.29, 1.82) is 0 Å². The zero-order chi connectivity index (χ0) is 32.6. The maximum atomic E-state index is 14.5. The van der Waals surface area contributed by atoms with Crippen LogP contribution in [-0.4, -0.2) is 55.0 Å². The van der Waals surface area contributed by atoms with Crippen LogP contribution >= 0.6 is 0 Å². The van der Waals surface area contributed by atoms with Crippen molar-refractivity contribution in [2.75, 3.05) is 6.54 Å². The van der Waals surface area contributed by atoms with E-state index >= 15 is 0 Å². The quantitative estimate of drug-likeness (QED) is 0.281. The highest BCUT2D eigenvalue weighted by molar-refractivity contribution is 5.78. The Bertz CT molecular complexity index is 1520. The molecule has 0 aliphatic carbocycles. The molecule has 0 bridgehead atoms.